The highest BCUT2D eigenvalue weighted by molar-refractivity contribution is 6.07. The summed E-state index contributed by atoms with van der Waals surface area (Å²) in [6, 6.07) is 14.0. The first-order chi connectivity index (χ1) is 17.1. The van der Waals surface area contributed by atoms with E-state index in [0.29, 0.717) is 35.5 Å². The van der Waals surface area contributed by atoms with Crippen LogP contribution in [-0.2, 0) is 29.1 Å². The van der Waals surface area contributed by atoms with Crippen LogP contribution in [0.2, 0.25) is 0 Å². The van der Waals surface area contributed by atoms with E-state index in [9.17, 15) is 19.8 Å². The Kier molecular flexibility index (Phi) is 6.13. The Balaban J connectivity index is 0.00000124. The lowest BCUT2D eigenvalue weighted by Crippen LogP contribution is -2.32. The van der Waals surface area contributed by atoms with Gasteiger partial charge in [-0.2, -0.15) is 0 Å². The molecule has 0 amide bonds. The zero-order chi connectivity index (χ0) is 24.7. The van der Waals surface area contributed by atoms with Crippen molar-refractivity contribution in [1.82, 2.24) is 9.55 Å². The van der Waals surface area contributed by atoms with Gasteiger partial charge >= 0.3 is 5.97 Å². The van der Waals surface area contributed by atoms with Gasteiger partial charge in [0.15, 0.2) is 6.10 Å². The number of carbonyl (C=O) groups excluding carboxylic acids is 1. The van der Waals surface area contributed by atoms with Crippen LogP contribution in [0.1, 0.15) is 55.0 Å². The number of carbonyl (C=O) groups is 1. The van der Waals surface area contributed by atoms with E-state index in [4.69, 9.17) is 9.72 Å². The van der Waals surface area contributed by atoms with Gasteiger partial charge < -0.3 is 19.5 Å². The molecule has 35 heavy (non-hydrogen) atoms. The number of hydrogen-bond donors (Lipinski definition) is 2. The molecular formula is C28H28N2O5. The predicted octanol–water partition coefficient (Wildman–Crippen LogP) is 4.01. The van der Waals surface area contributed by atoms with Crippen LogP contribution in [0.4, 0.5) is 0 Å². The molecule has 7 nitrogen and oxygen atoms in total. The van der Waals surface area contributed by atoms with Gasteiger partial charge in [-0.15, -0.1) is 0 Å². The van der Waals surface area contributed by atoms with Crippen molar-refractivity contribution < 1.29 is 19.7 Å². The van der Waals surface area contributed by atoms with Crippen molar-refractivity contribution in [2.75, 3.05) is 6.61 Å². The molecule has 2 aromatic heterocycles. The van der Waals surface area contributed by atoms with Gasteiger partial charge in [0.25, 0.3) is 5.56 Å². The summed E-state index contributed by atoms with van der Waals surface area (Å²) in [6.07, 6.45) is 0.797. The van der Waals surface area contributed by atoms with Gasteiger partial charge in [0.05, 0.1) is 29.0 Å². The van der Waals surface area contributed by atoms with Crippen LogP contribution < -0.4 is 5.56 Å². The maximum Gasteiger partial charge on any atom is 0.340 e. The Morgan fingerprint density at radius 2 is 1.86 bits per heavy atom. The normalized spacial score (nSPS) is 15.8. The fourth-order valence-corrected chi connectivity index (χ4v) is 5.14. The zero-order valence-electron chi connectivity index (χ0n) is 19.9. The minimum atomic E-state index is -1.47. The summed E-state index contributed by atoms with van der Waals surface area (Å²) >= 11 is 0. The number of ether oxygens (including phenoxy) is 1. The third-order valence-corrected chi connectivity index (χ3v) is 6.80. The summed E-state index contributed by atoms with van der Waals surface area (Å²) in [5, 5.41) is 22.9. The summed E-state index contributed by atoms with van der Waals surface area (Å²) in [4.78, 5) is 30.3. The number of rotatable bonds is 4. The zero-order valence-corrected chi connectivity index (χ0v) is 19.9. The van der Waals surface area contributed by atoms with Crippen LogP contribution in [0.15, 0.2) is 47.3 Å². The molecule has 2 aromatic carbocycles. The molecule has 0 saturated heterocycles. The highest BCUT2D eigenvalue weighted by Crippen LogP contribution is 2.39. The summed E-state index contributed by atoms with van der Waals surface area (Å²) in [5.41, 5.74) is 4.66. The second-order valence-electron chi connectivity index (χ2n) is 8.65. The Bertz CT molecular complexity index is 1520. The van der Waals surface area contributed by atoms with E-state index in [-0.39, 0.29) is 18.8 Å². The molecule has 0 fully saturated rings. The number of hydrogen-bond acceptors (Lipinski definition) is 6. The van der Waals surface area contributed by atoms with Crippen LogP contribution in [-0.4, -0.2) is 32.3 Å². The molecule has 0 saturated carbocycles. The monoisotopic (exact) mass is 472 g/mol. The Hall–Kier alpha value is -3.55. The average molecular weight is 473 g/mol. The Morgan fingerprint density at radius 1 is 1.06 bits per heavy atom. The molecule has 180 valence electrons. The number of nitrogens with zero attached hydrogens (tertiary/aromatic N) is 2. The first-order valence-electron chi connectivity index (χ1n) is 12.1. The maximum atomic E-state index is 13.3. The van der Waals surface area contributed by atoms with E-state index in [2.05, 4.69) is 12.1 Å². The Labute approximate surface area is 202 Å². The molecular weight excluding hydrogens is 444 g/mol. The molecule has 2 N–H and O–H groups in total. The first kappa shape index (κ1) is 23.2. The van der Waals surface area contributed by atoms with Crippen LogP contribution in [0.5, 0.6) is 0 Å². The molecule has 0 radical (unpaired) electrons. The number of esters is 1. The van der Waals surface area contributed by atoms with E-state index >= 15 is 0 Å². The van der Waals surface area contributed by atoms with Crippen LogP contribution >= 0.6 is 0 Å². The number of benzene rings is 2. The number of aromatic nitrogens is 2. The van der Waals surface area contributed by atoms with Crippen molar-refractivity contribution in [2.24, 2.45) is 0 Å². The minimum absolute atomic E-state index is 0.131. The lowest BCUT2D eigenvalue weighted by atomic mass is 9.94. The summed E-state index contributed by atoms with van der Waals surface area (Å²) in [6.45, 7) is 4.38. The Morgan fingerprint density at radius 3 is 2.66 bits per heavy atom. The second-order valence-corrected chi connectivity index (χ2v) is 8.65. The minimum Gasteiger partial charge on any atom is -0.458 e. The molecule has 6 rings (SSSR count). The lowest BCUT2D eigenvalue weighted by Gasteiger charge is -2.21. The molecule has 4 aromatic rings. The molecule has 7 heteroatoms. The number of unbranched alkanes of at least 4 members (excludes halogenated alkanes) is 1. The van der Waals surface area contributed by atoms with Crippen molar-refractivity contribution in [1.29, 1.82) is 0 Å². The number of aliphatic hydroxyl groups is 2. The highest BCUT2D eigenvalue weighted by Gasteiger charge is 2.34. The molecule has 0 spiro atoms. The van der Waals surface area contributed by atoms with Crippen molar-refractivity contribution in [3.8, 4) is 11.4 Å². The fourth-order valence-electron chi connectivity index (χ4n) is 5.14. The van der Waals surface area contributed by atoms with E-state index in [1.54, 1.807) is 10.6 Å². The van der Waals surface area contributed by atoms with Gasteiger partial charge in [0, 0.05) is 28.5 Å². The van der Waals surface area contributed by atoms with Gasteiger partial charge in [-0.1, -0.05) is 50.2 Å². The second kappa shape index (κ2) is 9.24. The summed E-state index contributed by atoms with van der Waals surface area (Å²) < 4.78 is 6.66. The SMILES string of the molecule is CC.O=C1OCc2c(cc3n(c2=O)Cc2c-3nc3c(ccc4ccccc43)c2CCCCO)C1O. The smallest absolute Gasteiger partial charge is 0.340 e. The van der Waals surface area contributed by atoms with Crippen LogP contribution in [0.3, 0.4) is 0 Å². The third kappa shape index (κ3) is 3.63. The number of cyclic esters (lactones) is 1. The largest absolute Gasteiger partial charge is 0.458 e. The molecule has 1 unspecified atom stereocenters. The quantitative estimate of drug-likeness (QED) is 0.233. The molecule has 1 atom stereocenters. The fraction of sp³-hybridized carbons (Fsp3) is 0.321. The van der Waals surface area contributed by atoms with Gasteiger partial charge in [-0.05, 0) is 36.3 Å². The van der Waals surface area contributed by atoms with E-state index in [1.807, 2.05) is 38.1 Å². The number of pyridine rings is 2. The van der Waals surface area contributed by atoms with Crippen molar-refractivity contribution in [3.63, 3.8) is 0 Å². The highest BCUT2D eigenvalue weighted by atomic mass is 16.5. The predicted molar refractivity (Wildman–Crippen MR) is 134 cm³/mol. The molecule has 4 heterocycles. The van der Waals surface area contributed by atoms with Crippen LogP contribution in [0.25, 0.3) is 33.1 Å². The van der Waals surface area contributed by atoms with Gasteiger partial charge in [0.2, 0.25) is 0 Å². The van der Waals surface area contributed by atoms with E-state index in [0.717, 1.165) is 45.6 Å². The summed E-state index contributed by atoms with van der Waals surface area (Å²) in [5.74, 6) is -0.743. The lowest BCUT2D eigenvalue weighted by molar-refractivity contribution is -0.157. The van der Waals surface area contributed by atoms with Gasteiger partial charge in [-0.25, -0.2) is 9.78 Å². The first-order valence-corrected chi connectivity index (χ1v) is 12.1. The number of aliphatic hydroxyl groups excluding tert-OH is 2. The van der Waals surface area contributed by atoms with Crippen molar-refractivity contribution in [3.05, 3.63) is 75.1 Å². The van der Waals surface area contributed by atoms with E-state index < -0.39 is 12.1 Å². The third-order valence-electron chi connectivity index (χ3n) is 6.80. The summed E-state index contributed by atoms with van der Waals surface area (Å²) in [7, 11) is 0. The molecule has 2 aliphatic heterocycles. The number of fused-ring (bicyclic) bond motifs is 7. The average Bonchev–Trinajstić information content (AvgIpc) is 3.26. The topological polar surface area (TPSA) is 102 Å². The van der Waals surface area contributed by atoms with Gasteiger partial charge in [-0.3, -0.25) is 4.79 Å². The van der Waals surface area contributed by atoms with E-state index in [1.165, 1.54) is 0 Å². The maximum absolute atomic E-state index is 13.3. The standard InChI is InChI=1S/C26H22N2O5.C2H6/c29-10-4-3-7-16-17-9-8-14-5-1-2-6-15(14)22(17)27-23-19(16)12-28-21(23)11-18-20(25(28)31)13-33-26(32)24(18)30;1-2/h1-2,5-6,8-9,11,24,29-30H,3-4,7,10,12-13H2;1-2H3. The van der Waals surface area contributed by atoms with Gasteiger partial charge in [0.1, 0.15) is 6.61 Å². The van der Waals surface area contributed by atoms with Crippen molar-refractivity contribution in [2.45, 2.75) is 52.4 Å². The number of aryl methyl sites for hydroxylation is 1. The molecule has 2 aliphatic rings. The molecule has 0 bridgehead atoms. The van der Waals surface area contributed by atoms with Crippen molar-refractivity contribution >= 4 is 27.6 Å². The van der Waals surface area contributed by atoms with Crippen LogP contribution in [0, 0.1) is 0 Å². The molecule has 0 aliphatic carbocycles.